The molecule has 156 valence electrons. The first-order chi connectivity index (χ1) is 14.4. The molecular formula is C23H23BrClN3OS. The van der Waals surface area contributed by atoms with Crippen LogP contribution < -0.4 is 5.43 Å². The van der Waals surface area contributed by atoms with E-state index in [0.717, 1.165) is 37.7 Å². The predicted octanol–water partition coefficient (Wildman–Crippen LogP) is 6.20. The van der Waals surface area contributed by atoms with Crippen molar-refractivity contribution in [2.75, 3.05) is 5.75 Å². The number of carbonyl (C=O) groups excluding carboxylic acids is 1. The second-order valence-electron chi connectivity index (χ2n) is 6.95. The van der Waals surface area contributed by atoms with Crippen LogP contribution in [0.1, 0.15) is 28.1 Å². The number of halogens is 2. The Balaban J connectivity index is 1.63. The van der Waals surface area contributed by atoms with E-state index in [9.17, 15) is 4.79 Å². The van der Waals surface area contributed by atoms with Gasteiger partial charge in [-0.25, -0.2) is 5.43 Å². The van der Waals surface area contributed by atoms with Gasteiger partial charge in [-0.2, -0.15) is 5.10 Å². The molecule has 3 aromatic rings. The van der Waals surface area contributed by atoms with E-state index in [0.29, 0.717) is 11.5 Å². The molecule has 0 bridgehead atoms. The standard InChI is InChI=1S/C23H23BrClN3OS/c1-15-7-6-9-19(11-15)28-16(2)20(23(24)17(28)3)12-26-27-22(29)14-30-13-18-8-4-5-10-21(18)25/h4-12H,13-14H2,1-3H3,(H,27,29)/b26-12-. The maximum atomic E-state index is 12.1. The highest BCUT2D eigenvalue weighted by molar-refractivity contribution is 9.10. The van der Waals surface area contributed by atoms with Crippen LogP contribution in [0.25, 0.3) is 5.69 Å². The Morgan fingerprint density at radius 3 is 2.67 bits per heavy atom. The highest BCUT2D eigenvalue weighted by Gasteiger charge is 2.16. The molecule has 1 aromatic heterocycles. The normalized spacial score (nSPS) is 11.2. The van der Waals surface area contributed by atoms with Crippen molar-refractivity contribution in [1.29, 1.82) is 0 Å². The smallest absolute Gasteiger partial charge is 0.250 e. The van der Waals surface area contributed by atoms with Gasteiger partial charge in [0.15, 0.2) is 0 Å². The van der Waals surface area contributed by atoms with Crippen LogP contribution in [0.15, 0.2) is 58.1 Å². The first kappa shape index (κ1) is 22.7. The lowest BCUT2D eigenvalue weighted by atomic mass is 10.2. The first-order valence-corrected chi connectivity index (χ1v) is 11.8. The van der Waals surface area contributed by atoms with Gasteiger partial charge < -0.3 is 4.57 Å². The van der Waals surface area contributed by atoms with Crippen molar-refractivity contribution in [3.63, 3.8) is 0 Å². The Labute approximate surface area is 194 Å². The number of aromatic nitrogens is 1. The largest absolute Gasteiger partial charge is 0.317 e. The molecule has 0 aliphatic heterocycles. The number of nitrogens with one attached hydrogen (secondary N) is 1. The van der Waals surface area contributed by atoms with E-state index in [1.54, 1.807) is 6.21 Å². The summed E-state index contributed by atoms with van der Waals surface area (Å²) in [6.45, 7) is 6.18. The van der Waals surface area contributed by atoms with E-state index in [4.69, 9.17) is 11.6 Å². The first-order valence-electron chi connectivity index (χ1n) is 9.46. The van der Waals surface area contributed by atoms with Crippen LogP contribution in [0, 0.1) is 20.8 Å². The number of hydrogen-bond acceptors (Lipinski definition) is 3. The van der Waals surface area contributed by atoms with Gasteiger partial charge in [0.2, 0.25) is 5.91 Å². The van der Waals surface area contributed by atoms with Crippen LogP contribution in [0.2, 0.25) is 5.02 Å². The lowest BCUT2D eigenvalue weighted by molar-refractivity contribution is -0.118. The molecule has 1 amide bonds. The van der Waals surface area contributed by atoms with Crippen LogP contribution in [0.5, 0.6) is 0 Å². The number of aryl methyl sites for hydroxylation is 1. The molecule has 0 saturated heterocycles. The van der Waals surface area contributed by atoms with Gasteiger partial charge >= 0.3 is 0 Å². The third kappa shape index (κ3) is 5.36. The van der Waals surface area contributed by atoms with Crippen molar-refractivity contribution in [2.45, 2.75) is 26.5 Å². The zero-order valence-corrected chi connectivity index (χ0v) is 20.2. The monoisotopic (exact) mass is 503 g/mol. The summed E-state index contributed by atoms with van der Waals surface area (Å²) in [7, 11) is 0. The molecule has 0 spiro atoms. The quantitative estimate of drug-likeness (QED) is 0.307. The molecule has 0 saturated carbocycles. The van der Waals surface area contributed by atoms with Gasteiger partial charge in [-0.3, -0.25) is 4.79 Å². The number of rotatable bonds is 7. The molecule has 30 heavy (non-hydrogen) atoms. The van der Waals surface area contributed by atoms with E-state index >= 15 is 0 Å². The Morgan fingerprint density at radius 2 is 1.93 bits per heavy atom. The van der Waals surface area contributed by atoms with E-state index in [-0.39, 0.29) is 5.91 Å². The summed E-state index contributed by atoms with van der Waals surface area (Å²) >= 11 is 11.3. The highest BCUT2D eigenvalue weighted by Crippen LogP contribution is 2.29. The number of carbonyl (C=O) groups is 1. The average Bonchev–Trinajstić information content (AvgIpc) is 2.92. The molecular weight excluding hydrogens is 482 g/mol. The maximum Gasteiger partial charge on any atom is 0.250 e. The molecule has 3 rings (SSSR count). The van der Waals surface area contributed by atoms with Gasteiger partial charge in [-0.05, 0) is 66.0 Å². The summed E-state index contributed by atoms with van der Waals surface area (Å²) in [6.07, 6.45) is 1.69. The maximum absolute atomic E-state index is 12.1. The predicted molar refractivity (Wildman–Crippen MR) is 131 cm³/mol. The molecule has 4 nitrogen and oxygen atoms in total. The van der Waals surface area contributed by atoms with Crippen molar-refractivity contribution >= 4 is 51.4 Å². The molecule has 2 aromatic carbocycles. The molecule has 0 aliphatic rings. The molecule has 0 fully saturated rings. The fourth-order valence-corrected chi connectivity index (χ4v) is 4.87. The lowest BCUT2D eigenvalue weighted by Gasteiger charge is -2.10. The lowest BCUT2D eigenvalue weighted by Crippen LogP contribution is -2.19. The van der Waals surface area contributed by atoms with E-state index in [1.807, 2.05) is 37.3 Å². The zero-order chi connectivity index (χ0) is 21.7. The van der Waals surface area contributed by atoms with Gasteiger partial charge in [0.1, 0.15) is 0 Å². The van der Waals surface area contributed by atoms with Crippen LogP contribution in [-0.4, -0.2) is 22.4 Å². The van der Waals surface area contributed by atoms with Crippen molar-refractivity contribution in [3.05, 3.63) is 86.1 Å². The SMILES string of the molecule is Cc1cccc(-n2c(C)c(Br)c(/C=N\NC(=O)CSCc3ccccc3Cl)c2C)c1. The molecule has 0 radical (unpaired) electrons. The summed E-state index contributed by atoms with van der Waals surface area (Å²) in [4.78, 5) is 12.1. The van der Waals surface area contributed by atoms with Gasteiger partial charge in [0.25, 0.3) is 0 Å². The Kier molecular flexibility index (Phi) is 7.81. The van der Waals surface area contributed by atoms with Crippen molar-refractivity contribution in [2.24, 2.45) is 5.10 Å². The summed E-state index contributed by atoms with van der Waals surface area (Å²) < 4.78 is 3.15. The zero-order valence-electron chi connectivity index (χ0n) is 17.1. The number of benzene rings is 2. The second-order valence-corrected chi connectivity index (χ2v) is 9.14. The minimum atomic E-state index is -0.146. The van der Waals surface area contributed by atoms with Crippen LogP contribution in [-0.2, 0) is 10.5 Å². The third-order valence-corrected chi connectivity index (χ3v) is 7.06. The van der Waals surface area contributed by atoms with E-state index < -0.39 is 0 Å². The van der Waals surface area contributed by atoms with Crippen LogP contribution in [0.3, 0.4) is 0 Å². The van der Waals surface area contributed by atoms with Gasteiger partial charge in [-0.1, -0.05) is 41.9 Å². The summed E-state index contributed by atoms with van der Waals surface area (Å²) in [5, 5.41) is 4.88. The van der Waals surface area contributed by atoms with Crippen LogP contribution >= 0.6 is 39.3 Å². The summed E-state index contributed by atoms with van der Waals surface area (Å²) in [6, 6.07) is 16.0. The minimum absolute atomic E-state index is 0.146. The number of hydrazone groups is 1. The Hall–Kier alpha value is -2.02. The number of hydrogen-bond donors (Lipinski definition) is 1. The van der Waals surface area contributed by atoms with Gasteiger partial charge in [0, 0.05) is 37.9 Å². The third-order valence-electron chi connectivity index (χ3n) is 4.71. The number of nitrogens with zero attached hydrogens (tertiary/aromatic N) is 2. The molecule has 0 aliphatic carbocycles. The van der Waals surface area contributed by atoms with E-state index in [1.165, 1.54) is 17.3 Å². The molecule has 1 N–H and O–H groups in total. The average molecular weight is 505 g/mol. The molecule has 1 heterocycles. The summed E-state index contributed by atoms with van der Waals surface area (Å²) in [5.74, 6) is 0.846. The van der Waals surface area contributed by atoms with Crippen LogP contribution in [0.4, 0.5) is 0 Å². The van der Waals surface area contributed by atoms with E-state index in [2.05, 4.69) is 63.1 Å². The van der Waals surface area contributed by atoms with Crippen molar-refractivity contribution in [1.82, 2.24) is 9.99 Å². The molecule has 0 unspecified atom stereocenters. The van der Waals surface area contributed by atoms with Gasteiger partial charge in [-0.15, -0.1) is 11.8 Å². The Bertz CT molecular complexity index is 1090. The number of amides is 1. The van der Waals surface area contributed by atoms with Crippen molar-refractivity contribution < 1.29 is 4.79 Å². The van der Waals surface area contributed by atoms with Gasteiger partial charge in [0.05, 0.1) is 12.0 Å². The molecule has 7 heteroatoms. The fourth-order valence-electron chi connectivity index (χ4n) is 3.20. The number of thioether (sulfide) groups is 1. The van der Waals surface area contributed by atoms with Crippen molar-refractivity contribution in [3.8, 4) is 5.69 Å². The minimum Gasteiger partial charge on any atom is -0.317 e. The molecule has 0 atom stereocenters. The topological polar surface area (TPSA) is 46.4 Å². The highest BCUT2D eigenvalue weighted by atomic mass is 79.9. The second kappa shape index (κ2) is 10.3. The summed E-state index contributed by atoms with van der Waals surface area (Å²) in [5.41, 5.74) is 9.01. The Morgan fingerprint density at radius 1 is 1.17 bits per heavy atom. The fraction of sp³-hybridized carbons (Fsp3) is 0.217.